The second-order valence-corrected chi connectivity index (χ2v) is 4.08. The van der Waals surface area contributed by atoms with Crippen molar-refractivity contribution in [2.24, 2.45) is 0 Å². The monoisotopic (exact) mass is 201 g/mol. The van der Waals surface area contributed by atoms with E-state index in [1.54, 1.807) is 0 Å². The van der Waals surface area contributed by atoms with Gasteiger partial charge < -0.3 is 4.74 Å². The summed E-state index contributed by atoms with van der Waals surface area (Å²) in [5.41, 5.74) is 2.45. The van der Waals surface area contributed by atoms with E-state index in [0.717, 1.165) is 19.3 Å². The highest BCUT2D eigenvalue weighted by atomic mass is 16.5. The van der Waals surface area contributed by atoms with Crippen LogP contribution in [0.15, 0.2) is 24.3 Å². The highest BCUT2D eigenvalue weighted by Gasteiger charge is 2.22. The molecule has 0 spiro atoms. The predicted molar refractivity (Wildman–Crippen MR) is 58.3 cm³/mol. The first-order valence-electron chi connectivity index (χ1n) is 5.41. The SMILES string of the molecule is Cc1ccc([C@H]2CCC[C@H](C#N)O2)cc1. The Morgan fingerprint density at radius 1 is 1.27 bits per heavy atom. The number of ether oxygens (including phenoxy) is 1. The summed E-state index contributed by atoms with van der Waals surface area (Å²) < 4.78 is 5.70. The first-order valence-corrected chi connectivity index (χ1v) is 5.41. The molecule has 1 aliphatic heterocycles. The molecule has 2 rings (SSSR count). The van der Waals surface area contributed by atoms with E-state index in [0.29, 0.717) is 0 Å². The van der Waals surface area contributed by atoms with Gasteiger partial charge in [0.15, 0.2) is 0 Å². The van der Waals surface area contributed by atoms with Crippen LogP contribution >= 0.6 is 0 Å². The van der Waals surface area contributed by atoms with Gasteiger partial charge in [-0.15, -0.1) is 0 Å². The van der Waals surface area contributed by atoms with Gasteiger partial charge in [0.1, 0.15) is 6.10 Å². The quantitative estimate of drug-likeness (QED) is 0.699. The van der Waals surface area contributed by atoms with Crippen LogP contribution in [0.3, 0.4) is 0 Å². The van der Waals surface area contributed by atoms with Crippen molar-refractivity contribution in [1.29, 1.82) is 5.26 Å². The van der Waals surface area contributed by atoms with E-state index in [9.17, 15) is 0 Å². The molecule has 2 atom stereocenters. The Bertz CT molecular complexity index is 363. The molecule has 0 N–H and O–H groups in total. The molecule has 1 aromatic rings. The molecule has 0 radical (unpaired) electrons. The molecule has 1 heterocycles. The van der Waals surface area contributed by atoms with Crippen LogP contribution in [0.4, 0.5) is 0 Å². The molecular formula is C13H15NO. The van der Waals surface area contributed by atoms with Crippen LogP contribution in [0.2, 0.25) is 0 Å². The van der Waals surface area contributed by atoms with Crippen LogP contribution in [0.25, 0.3) is 0 Å². The smallest absolute Gasteiger partial charge is 0.144 e. The van der Waals surface area contributed by atoms with E-state index in [2.05, 4.69) is 37.3 Å². The summed E-state index contributed by atoms with van der Waals surface area (Å²) in [6.45, 7) is 2.07. The Labute approximate surface area is 90.5 Å². The van der Waals surface area contributed by atoms with Crippen molar-refractivity contribution < 1.29 is 4.74 Å². The lowest BCUT2D eigenvalue weighted by molar-refractivity contribution is -0.0228. The van der Waals surface area contributed by atoms with Crippen LogP contribution in [0, 0.1) is 18.3 Å². The molecule has 2 heteroatoms. The molecule has 1 saturated heterocycles. The van der Waals surface area contributed by atoms with Crippen LogP contribution in [0.5, 0.6) is 0 Å². The van der Waals surface area contributed by atoms with Gasteiger partial charge in [0, 0.05) is 0 Å². The number of rotatable bonds is 1. The molecule has 15 heavy (non-hydrogen) atoms. The summed E-state index contributed by atoms with van der Waals surface area (Å²) in [6.07, 6.45) is 2.88. The number of hydrogen-bond donors (Lipinski definition) is 0. The Hall–Kier alpha value is -1.33. The minimum atomic E-state index is -0.218. The number of hydrogen-bond acceptors (Lipinski definition) is 2. The third kappa shape index (κ3) is 2.37. The Kier molecular flexibility index (Phi) is 3.03. The van der Waals surface area contributed by atoms with Gasteiger partial charge in [-0.2, -0.15) is 5.26 Å². The van der Waals surface area contributed by atoms with Crippen molar-refractivity contribution in [3.05, 3.63) is 35.4 Å². The van der Waals surface area contributed by atoms with Gasteiger partial charge in [-0.3, -0.25) is 0 Å². The van der Waals surface area contributed by atoms with Gasteiger partial charge in [0.2, 0.25) is 0 Å². The van der Waals surface area contributed by atoms with Crippen LogP contribution in [-0.2, 0) is 4.74 Å². The van der Waals surface area contributed by atoms with E-state index in [1.165, 1.54) is 11.1 Å². The second-order valence-electron chi connectivity index (χ2n) is 4.08. The molecule has 0 aliphatic carbocycles. The normalized spacial score (nSPS) is 25.9. The van der Waals surface area contributed by atoms with Crippen LogP contribution < -0.4 is 0 Å². The summed E-state index contributed by atoms with van der Waals surface area (Å²) in [5.74, 6) is 0. The first kappa shape index (κ1) is 10.2. The van der Waals surface area contributed by atoms with Crippen LogP contribution in [-0.4, -0.2) is 6.10 Å². The second kappa shape index (κ2) is 4.46. The summed E-state index contributed by atoms with van der Waals surface area (Å²) >= 11 is 0. The molecule has 0 saturated carbocycles. The zero-order chi connectivity index (χ0) is 10.7. The summed E-state index contributed by atoms with van der Waals surface area (Å²) in [5, 5.41) is 8.82. The number of benzene rings is 1. The predicted octanol–water partition coefficient (Wildman–Crippen LogP) is 3.13. The van der Waals surface area contributed by atoms with Crippen molar-refractivity contribution in [2.75, 3.05) is 0 Å². The lowest BCUT2D eigenvalue weighted by Crippen LogP contribution is -2.20. The van der Waals surface area contributed by atoms with E-state index < -0.39 is 0 Å². The van der Waals surface area contributed by atoms with Gasteiger partial charge in [0.25, 0.3) is 0 Å². The van der Waals surface area contributed by atoms with E-state index in [1.807, 2.05) is 0 Å². The molecule has 0 bridgehead atoms. The fourth-order valence-electron chi connectivity index (χ4n) is 1.94. The van der Waals surface area contributed by atoms with E-state index in [-0.39, 0.29) is 12.2 Å². The average Bonchev–Trinajstić information content (AvgIpc) is 2.30. The highest BCUT2D eigenvalue weighted by molar-refractivity contribution is 5.23. The van der Waals surface area contributed by atoms with Gasteiger partial charge in [0.05, 0.1) is 12.2 Å². The van der Waals surface area contributed by atoms with E-state index >= 15 is 0 Å². The average molecular weight is 201 g/mol. The van der Waals surface area contributed by atoms with Crippen molar-refractivity contribution in [3.8, 4) is 6.07 Å². The Balaban J connectivity index is 2.10. The minimum Gasteiger partial charge on any atom is -0.355 e. The zero-order valence-electron chi connectivity index (χ0n) is 8.94. The van der Waals surface area contributed by atoms with Gasteiger partial charge in [-0.1, -0.05) is 29.8 Å². The van der Waals surface area contributed by atoms with Crippen molar-refractivity contribution >= 4 is 0 Å². The minimum absolute atomic E-state index is 0.115. The number of nitriles is 1. The van der Waals surface area contributed by atoms with Gasteiger partial charge >= 0.3 is 0 Å². The van der Waals surface area contributed by atoms with Crippen molar-refractivity contribution in [2.45, 2.75) is 38.4 Å². The third-order valence-corrected chi connectivity index (χ3v) is 2.85. The van der Waals surface area contributed by atoms with E-state index in [4.69, 9.17) is 10.00 Å². The highest BCUT2D eigenvalue weighted by Crippen LogP contribution is 2.30. The first-order chi connectivity index (χ1) is 7.29. The third-order valence-electron chi connectivity index (χ3n) is 2.85. The Morgan fingerprint density at radius 2 is 2.00 bits per heavy atom. The molecule has 1 aliphatic rings. The molecule has 0 amide bonds. The lowest BCUT2D eigenvalue weighted by atomic mass is 9.98. The fourth-order valence-corrected chi connectivity index (χ4v) is 1.94. The van der Waals surface area contributed by atoms with Gasteiger partial charge in [-0.25, -0.2) is 0 Å². The largest absolute Gasteiger partial charge is 0.355 e. The number of nitrogens with zero attached hydrogens (tertiary/aromatic N) is 1. The number of aryl methyl sites for hydroxylation is 1. The maximum atomic E-state index is 8.82. The molecule has 78 valence electrons. The lowest BCUT2D eigenvalue weighted by Gasteiger charge is -2.26. The maximum Gasteiger partial charge on any atom is 0.144 e. The maximum absolute atomic E-state index is 8.82. The fraction of sp³-hybridized carbons (Fsp3) is 0.462. The van der Waals surface area contributed by atoms with Gasteiger partial charge in [-0.05, 0) is 31.7 Å². The standard InChI is InChI=1S/C13H15NO/c1-10-5-7-11(8-6-10)13-4-2-3-12(9-14)15-13/h5-8,12-13H,2-4H2,1H3/t12-,13-/m1/s1. The summed E-state index contributed by atoms with van der Waals surface area (Å²) in [6, 6.07) is 10.6. The van der Waals surface area contributed by atoms with Crippen molar-refractivity contribution in [3.63, 3.8) is 0 Å². The summed E-state index contributed by atoms with van der Waals surface area (Å²) in [4.78, 5) is 0. The molecular weight excluding hydrogens is 186 g/mol. The zero-order valence-corrected chi connectivity index (χ0v) is 8.94. The topological polar surface area (TPSA) is 33.0 Å². The Morgan fingerprint density at radius 3 is 2.67 bits per heavy atom. The molecule has 1 aromatic carbocycles. The molecule has 1 fully saturated rings. The molecule has 0 aromatic heterocycles. The van der Waals surface area contributed by atoms with Crippen molar-refractivity contribution in [1.82, 2.24) is 0 Å². The van der Waals surface area contributed by atoms with Crippen LogP contribution in [0.1, 0.15) is 36.5 Å². The molecule has 2 nitrogen and oxygen atoms in total. The molecule has 0 unspecified atom stereocenters. The summed E-state index contributed by atoms with van der Waals surface area (Å²) in [7, 11) is 0.